The number of thioether (sulfide) groups is 1. The van der Waals surface area contributed by atoms with E-state index >= 15 is 0 Å². The molecule has 0 unspecified atom stereocenters. The highest BCUT2D eigenvalue weighted by Gasteiger charge is 2.21. The highest BCUT2D eigenvalue weighted by molar-refractivity contribution is 7.99. The fourth-order valence-electron chi connectivity index (χ4n) is 1.82. The van der Waals surface area contributed by atoms with Gasteiger partial charge in [0.2, 0.25) is 5.89 Å². The Kier molecular flexibility index (Phi) is 5.64. The highest BCUT2D eigenvalue weighted by Crippen LogP contribution is 2.33. The average molecular weight is 359 g/mol. The van der Waals surface area contributed by atoms with Gasteiger partial charge in [0.05, 0.1) is 10.6 Å². The van der Waals surface area contributed by atoms with Crippen LogP contribution in [0, 0.1) is 0 Å². The number of carboxylic acid groups (broad SMARTS) is 1. The van der Waals surface area contributed by atoms with E-state index in [4.69, 9.17) is 21.1 Å². The first-order valence-corrected chi connectivity index (χ1v) is 8.31. The lowest BCUT2D eigenvalue weighted by molar-refractivity contribution is -0.137. The molecule has 2 rings (SSSR count). The fourth-order valence-corrected chi connectivity index (χ4v) is 2.78. The normalized spacial score (nSPS) is 11.7. The summed E-state index contributed by atoms with van der Waals surface area (Å²) in [6.45, 7) is 2.91. The molecular formula is C15H16ClFN2O3S. The number of carbonyl (C=O) groups is 1. The highest BCUT2D eigenvalue weighted by atomic mass is 35.5. The van der Waals surface area contributed by atoms with Crippen LogP contribution in [0.4, 0.5) is 4.39 Å². The van der Waals surface area contributed by atoms with E-state index in [1.165, 1.54) is 25.6 Å². The number of benzene rings is 1. The van der Waals surface area contributed by atoms with Crippen LogP contribution < -0.4 is 0 Å². The van der Waals surface area contributed by atoms with E-state index in [9.17, 15) is 9.18 Å². The third-order valence-corrected chi connectivity index (χ3v) is 4.27. The Bertz CT molecular complexity index is 700. The van der Waals surface area contributed by atoms with E-state index in [0.29, 0.717) is 33.5 Å². The van der Waals surface area contributed by atoms with Crippen LogP contribution in [0.5, 0.6) is 0 Å². The van der Waals surface area contributed by atoms with Gasteiger partial charge in [-0.1, -0.05) is 29.4 Å². The summed E-state index contributed by atoms with van der Waals surface area (Å²) in [7, 11) is 0. The third kappa shape index (κ3) is 4.94. The van der Waals surface area contributed by atoms with Crippen molar-refractivity contribution in [1.82, 2.24) is 10.2 Å². The van der Waals surface area contributed by atoms with E-state index in [1.54, 1.807) is 18.2 Å². The lowest BCUT2D eigenvalue weighted by atomic mass is 9.99. The van der Waals surface area contributed by atoms with E-state index < -0.39 is 11.6 Å². The predicted octanol–water partition coefficient (Wildman–Crippen LogP) is 4.55. The van der Waals surface area contributed by atoms with Crippen molar-refractivity contribution in [3.8, 4) is 11.5 Å². The standard InChI is InChI=1S/C15H16ClFN2O3S/c1-15(2,17)9-5-6-10(11(16)8-9)13-18-19-14(22-13)23-7-3-4-12(20)21/h5-6,8H,3-4,7H2,1-2H3,(H,20,21). The van der Waals surface area contributed by atoms with E-state index in [0.717, 1.165) is 0 Å². The zero-order valence-corrected chi connectivity index (χ0v) is 14.2. The lowest BCUT2D eigenvalue weighted by Gasteiger charge is -2.15. The quantitative estimate of drug-likeness (QED) is 0.578. The van der Waals surface area contributed by atoms with Crippen LogP contribution in [0.2, 0.25) is 5.02 Å². The maximum Gasteiger partial charge on any atom is 0.303 e. The van der Waals surface area contributed by atoms with Crippen LogP contribution in [0.25, 0.3) is 11.5 Å². The summed E-state index contributed by atoms with van der Waals surface area (Å²) in [4.78, 5) is 10.4. The van der Waals surface area contributed by atoms with Gasteiger partial charge in [-0.25, -0.2) is 4.39 Å². The molecule has 2 aromatic rings. The van der Waals surface area contributed by atoms with E-state index in [2.05, 4.69) is 10.2 Å². The third-order valence-electron chi connectivity index (χ3n) is 3.05. The summed E-state index contributed by atoms with van der Waals surface area (Å²) >= 11 is 7.46. The predicted molar refractivity (Wildman–Crippen MR) is 86.5 cm³/mol. The van der Waals surface area contributed by atoms with Crippen molar-refractivity contribution >= 4 is 29.3 Å². The largest absolute Gasteiger partial charge is 0.481 e. The molecule has 0 atom stereocenters. The van der Waals surface area contributed by atoms with Gasteiger partial charge in [0.1, 0.15) is 5.67 Å². The molecule has 1 aromatic heterocycles. The van der Waals surface area contributed by atoms with Crippen molar-refractivity contribution in [2.45, 2.75) is 37.6 Å². The van der Waals surface area contributed by atoms with Gasteiger partial charge in [-0.15, -0.1) is 10.2 Å². The first-order chi connectivity index (χ1) is 10.8. The number of carboxylic acids is 1. The van der Waals surface area contributed by atoms with Crippen LogP contribution in [0.15, 0.2) is 27.8 Å². The van der Waals surface area contributed by atoms with Crippen molar-refractivity contribution in [2.75, 3.05) is 5.75 Å². The Labute approximate surface area is 142 Å². The second-order valence-corrected chi connectivity index (χ2v) is 6.84. The van der Waals surface area contributed by atoms with E-state index in [-0.39, 0.29) is 12.3 Å². The molecule has 0 aliphatic rings. The smallest absolute Gasteiger partial charge is 0.303 e. The molecule has 23 heavy (non-hydrogen) atoms. The summed E-state index contributed by atoms with van der Waals surface area (Å²) in [5.74, 6) is -0.0187. The van der Waals surface area contributed by atoms with Crippen LogP contribution in [0.1, 0.15) is 32.3 Å². The SMILES string of the molecule is CC(C)(F)c1ccc(-c2nnc(SCCCC(=O)O)o2)c(Cl)c1. The van der Waals surface area contributed by atoms with Crippen LogP contribution >= 0.6 is 23.4 Å². The molecule has 5 nitrogen and oxygen atoms in total. The first-order valence-electron chi connectivity index (χ1n) is 6.95. The molecule has 8 heteroatoms. The Morgan fingerprint density at radius 1 is 1.43 bits per heavy atom. The van der Waals surface area contributed by atoms with Gasteiger partial charge < -0.3 is 9.52 Å². The lowest BCUT2D eigenvalue weighted by Crippen LogP contribution is -2.08. The summed E-state index contributed by atoms with van der Waals surface area (Å²) in [5.41, 5.74) is -0.485. The summed E-state index contributed by atoms with van der Waals surface area (Å²) < 4.78 is 19.4. The molecular weight excluding hydrogens is 343 g/mol. The number of hydrogen-bond acceptors (Lipinski definition) is 5. The molecule has 124 valence electrons. The fraction of sp³-hybridized carbons (Fsp3) is 0.400. The number of aliphatic carboxylic acids is 1. The van der Waals surface area contributed by atoms with Gasteiger partial charge in [0.25, 0.3) is 5.22 Å². The van der Waals surface area contributed by atoms with Gasteiger partial charge in [-0.05, 0) is 38.0 Å². The monoisotopic (exact) mass is 358 g/mol. The summed E-state index contributed by atoms with van der Waals surface area (Å²) in [6, 6.07) is 4.82. The van der Waals surface area contributed by atoms with Gasteiger partial charge >= 0.3 is 5.97 Å². The molecule has 0 amide bonds. The molecule has 0 bridgehead atoms. The summed E-state index contributed by atoms with van der Waals surface area (Å²) in [5, 5.41) is 17.1. The maximum absolute atomic E-state index is 13.9. The van der Waals surface area contributed by atoms with Gasteiger partial charge in [0.15, 0.2) is 0 Å². The number of halogens is 2. The van der Waals surface area contributed by atoms with Crippen molar-refractivity contribution in [3.63, 3.8) is 0 Å². The van der Waals surface area contributed by atoms with Gasteiger partial charge in [0, 0.05) is 12.2 Å². The maximum atomic E-state index is 13.9. The van der Waals surface area contributed by atoms with Crippen molar-refractivity contribution in [1.29, 1.82) is 0 Å². The molecule has 0 saturated carbocycles. The van der Waals surface area contributed by atoms with Crippen molar-refractivity contribution in [2.24, 2.45) is 0 Å². The zero-order chi connectivity index (χ0) is 17.0. The van der Waals surface area contributed by atoms with Crippen LogP contribution in [-0.2, 0) is 10.5 Å². The molecule has 0 aliphatic carbocycles. The minimum absolute atomic E-state index is 0.0975. The van der Waals surface area contributed by atoms with Gasteiger partial charge in [-0.3, -0.25) is 4.79 Å². The van der Waals surface area contributed by atoms with Gasteiger partial charge in [-0.2, -0.15) is 0 Å². The van der Waals surface area contributed by atoms with E-state index in [1.807, 2.05) is 0 Å². The molecule has 1 N–H and O–H groups in total. The Morgan fingerprint density at radius 2 is 2.17 bits per heavy atom. The Hall–Kier alpha value is -1.60. The van der Waals surface area contributed by atoms with Crippen molar-refractivity contribution < 1.29 is 18.7 Å². The molecule has 0 spiro atoms. The Balaban J connectivity index is 2.07. The average Bonchev–Trinajstić information content (AvgIpc) is 2.91. The number of rotatable bonds is 7. The number of nitrogens with zero attached hydrogens (tertiary/aromatic N) is 2. The van der Waals surface area contributed by atoms with Crippen LogP contribution in [0.3, 0.4) is 0 Å². The molecule has 0 radical (unpaired) electrons. The topological polar surface area (TPSA) is 76.2 Å². The number of alkyl halides is 1. The Morgan fingerprint density at radius 3 is 2.78 bits per heavy atom. The second kappa shape index (κ2) is 7.31. The molecule has 0 aliphatic heterocycles. The minimum Gasteiger partial charge on any atom is -0.481 e. The molecule has 0 fully saturated rings. The molecule has 0 saturated heterocycles. The molecule has 1 heterocycles. The number of hydrogen-bond donors (Lipinski definition) is 1. The summed E-state index contributed by atoms with van der Waals surface area (Å²) in [6.07, 6.45) is 0.610. The molecule has 1 aromatic carbocycles. The second-order valence-electron chi connectivity index (χ2n) is 5.39. The minimum atomic E-state index is -1.48. The zero-order valence-electron chi connectivity index (χ0n) is 12.7. The number of aromatic nitrogens is 2. The van der Waals surface area contributed by atoms with Crippen molar-refractivity contribution in [3.05, 3.63) is 28.8 Å². The van der Waals surface area contributed by atoms with Crippen LogP contribution in [-0.4, -0.2) is 27.0 Å². The first kappa shape index (κ1) is 17.7.